The molecule has 0 aliphatic rings. The number of anilines is 1. The largest absolute Gasteiger partial charge is 0.484 e. The van der Waals surface area contributed by atoms with E-state index in [0.717, 1.165) is 22.3 Å². The lowest BCUT2D eigenvalue weighted by Gasteiger charge is -2.24. The first-order valence-corrected chi connectivity index (χ1v) is 10.4. The molecule has 0 unspecified atom stereocenters. The summed E-state index contributed by atoms with van der Waals surface area (Å²) in [7, 11) is 1.14. The van der Waals surface area contributed by atoms with Crippen molar-refractivity contribution in [3.63, 3.8) is 0 Å². The molecule has 0 saturated carbocycles. The van der Waals surface area contributed by atoms with Gasteiger partial charge < -0.3 is 9.64 Å². The van der Waals surface area contributed by atoms with E-state index in [2.05, 4.69) is 0 Å². The van der Waals surface area contributed by atoms with Crippen LogP contribution in [0.2, 0.25) is 0 Å². The number of hydrogen-bond donors (Lipinski definition) is 0. The number of carbonyl (C=O) groups excluding carboxylic acids is 1. The highest BCUT2D eigenvalue weighted by Crippen LogP contribution is 2.31. The van der Waals surface area contributed by atoms with Crippen LogP contribution >= 0.6 is 0 Å². The lowest BCUT2D eigenvalue weighted by atomic mass is 10.0. The molecule has 28 heavy (non-hydrogen) atoms. The van der Waals surface area contributed by atoms with Crippen molar-refractivity contribution in [2.24, 2.45) is 0 Å². The van der Waals surface area contributed by atoms with E-state index in [9.17, 15) is 13.2 Å². The van der Waals surface area contributed by atoms with E-state index < -0.39 is 10.0 Å². The fourth-order valence-electron chi connectivity index (χ4n) is 2.87. The number of nitrogens with zero attached hydrogens (tertiary/aromatic N) is 2. The Kier molecular flexibility index (Phi) is 6.39. The Bertz CT molecular complexity index is 954. The molecule has 0 aliphatic carbocycles. The number of amides is 1. The van der Waals surface area contributed by atoms with Crippen LogP contribution < -0.4 is 9.04 Å². The van der Waals surface area contributed by atoms with Crippen LogP contribution in [0.3, 0.4) is 0 Å². The fourth-order valence-corrected chi connectivity index (χ4v) is 4.64. The van der Waals surface area contributed by atoms with Crippen LogP contribution in [0.25, 0.3) is 0 Å². The molecule has 2 rings (SSSR count). The molecule has 152 valence electrons. The van der Waals surface area contributed by atoms with Crippen LogP contribution in [-0.4, -0.2) is 47.0 Å². The van der Waals surface area contributed by atoms with Gasteiger partial charge in [-0.3, -0.25) is 9.10 Å². The summed E-state index contributed by atoms with van der Waals surface area (Å²) in [5, 5.41) is 0. The smallest absolute Gasteiger partial charge is 0.264 e. The first-order valence-electron chi connectivity index (χ1n) is 8.96. The summed E-state index contributed by atoms with van der Waals surface area (Å²) in [6.45, 7) is 7.44. The van der Waals surface area contributed by atoms with E-state index in [-0.39, 0.29) is 12.5 Å². The highest BCUT2D eigenvalue weighted by atomic mass is 32.2. The summed E-state index contributed by atoms with van der Waals surface area (Å²) in [5.74, 6) is 0.355. The van der Waals surface area contributed by atoms with Crippen LogP contribution in [0.15, 0.2) is 35.2 Å². The standard InChI is InChI=1S/C21H28N2O4S/c1-14-12-15(2)17(4)21(16(14)3)28(25,26)23(7)18-8-10-19(11-9-18)27-13-20(24)22(5)6/h8-12H,13H2,1-7H3. The van der Waals surface area contributed by atoms with Gasteiger partial charge >= 0.3 is 0 Å². The van der Waals surface area contributed by atoms with E-state index in [1.165, 1.54) is 16.3 Å². The van der Waals surface area contributed by atoms with Gasteiger partial charge in [0.25, 0.3) is 15.9 Å². The zero-order valence-corrected chi connectivity index (χ0v) is 18.3. The van der Waals surface area contributed by atoms with E-state index in [1.54, 1.807) is 38.4 Å². The normalized spacial score (nSPS) is 11.2. The van der Waals surface area contributed by atoms with Crippen molar-refractivity contribution < 1.29 is 17.9 Å². The molecule has 7 heteroatoms. The second-order valence-corrected chi connectivity index (χ2v) is 9.04. The minimum atomic E-state index is -3.72. The highest BCUT2D eigenvalue weighted by molar-refractivity contribution is 7.92. The van der Waals surface area contributed by atoms with E-state index >= 15 is 0 Å². The predicted octanol–water partition coefficient (Wildman–Crippen LogP) is 3.21. The summed E-state index contributed by atoms with van der Waals surface area (Å²) in [6, 6.07) is 8.66. The number of ether oxygens (including phenoxy) is 1. The van der Waals surface area contributed by atoms with Gasteiger partial charge in [-0.25, -0.2) is 8.42 Å². The van der Waals surface area contributed by atoms with Crippen LogP contribution in [0.4, 0.5) is 5.69 Å². The van der Waals surface area contributed by atoms with E-state index in [4.69, 9.17) is 4.74 Å². The zero-order chi connectivity index (χ0) is 21.2. The molecule has 0 radical (unpaired) electrons. The van der Waals surface area contributed by atoms with Crippen molar-refractivity contribution in [3.05, 3.63) is 52.6 Å². The van der Waals surface area contributed by atoms with Gasteiger partial charge in [0.2, 0.25) is 0 Å². The van der Waals surface area contributed by atoms with Crippen molar-refractivity contribution in [2.45, 2.75) is 32.6 Å². The maximum absolute atomic E-state index is 13.3. The molecule has 0 N–H and O–H groups in total. The quantitative estimate of drug-likeness (QED) is 0.741. The summed E-state index contributed by atoms with van der Waals surface area (Å²) in [5.41, 5.74) is 3.94. The molecule has 2 aromatic rings. The molecule has 0 saturated heterocycles. The third kappa shape index (κ3) is 4.30. The Morgan fingerprint density at radius 2 is 1.43 bits per heavy atom. The Balaban J connectivity index is 2.31. The van der Waals surface area contributed by atoms with Gasteiger partial charge in [-0.05, 0) is 74.2 Å². The van der Waals surface area contributed by atoms with Gasteiger partial charge in [0, 0.05) is 21.1 Å². The number of sulfonamides is 1. The minimum absolute atomic E-state index is 0.0680. The topological polar surface area (TPSA) is 66.9 Å². The van der Waals surface area contributed by atoms with Crippen LogP contribution in [0.5, 0.6) is 5.75 Å². The van der Waals surface area contributed by atoms with Gasteiger partial charge in [0.1, 0.15) is 5.75 Å². The lowest BCUT2D eigenvalue weighted by Crippen LogP contribution is -2.28. The second-order valence-electron chi connectivity index (χ2n) is 7.13. The molecule has 0 aliphatic heterocycles. The SMILES string of the molecule is Cc1cc(C)c(C)c(S(=O)(=O)N(C)c2ccc(OCC(=O)N(C)C)cc2)c1C. The first-order chi connectivity index (χ1) is 13.0. The summed E-state index contributed by atoms with van der Waals surface area (Å²) in [4.78, 5) is 13.4. The second kappa shape index (κ2) is 8.22. The molecule has 0 bridgehead atoms. The number of hydrogen-bond acceptors (Lipinski definition) is 4. The van der Waals surface area contributed by atoms with Crippen molar-refractivity contribution >= 4 is 21.6 Å². The van der Waals surface area contributed by atoms with Crippen molar-refractivity contribution in [1.82, 2.24) is 4.90 Å². The first kappa shape index (κ1) is 21.8. The Morgan fingerprint density at radius 1 is 0.929 bits per heavy atom. The van der Waals surface area contributed by atoms with Crippen LogP contribution in [0.1, 0.15) is 22.3 Å². The Hall–Kier alpha value is -2.54. The molecular formula is C21H28N2O4S. The zero-order valence-electron chi connectivity index (χ0n) is 17.5. The lowest BCUT2D eigenvalue weighted by molar-refractivity contribution is -0.130. The van der Waals surface area contributed by atoms with Gasteiger partial charge in [0.05, 0.1) is 10.6 Å². The Morgan fingerprint density at radius 3 is 1.89 bits per heavy atom. The molecule has 2 aromatic carbocycles. The minimum Gasteiger partial charge on any atom is -0.484 e. The number of carbonyl (C=O) groups is 1. The number of likely N-dealkylation sites (N-methyl/N-ethyl adjacent to an activating group) is 1. The number of benzene rings is 2. The Labute approximate surface area is 167 Å². The summed E-state index contributed by atoms with van der Waals surface area (Å²) < 4.78 is 33.3. The third-order valence-electron chi connectivity index (χ3n) is 4.98. The van der Waals surface area contributed by atoms with Gasteiger partial charge in [-0.2, -0.15) is 0 Å². The number of aryl methyl sites for hydroxylation is 2. The maximum Gasteiger partial charge on any atom is 0.264 e. The highest BCUT2D eigenvalue weighted by Gasteiger charge is 2.27. The van der Waals surface area contributed by atoms with Crippen LogP contribution in [0, 0.1) is 27.7 Å². The van der Waals surface area contributed by atoms with E-state index in [0.29, 0.717) is 16.3 Å². The number of rotatable bonds is 6. The fraction of sp³-hybridized carbons (Fsp3) is 0.381. The molecule has 0 fully saturated rings. The predicted molar refractivity (Wildman–Crippen MR) is 112 cm³/mol. The van der Waals surface area contributed by atoms with Gasteiger partial charge in [-0.15, -0.1) is 0 Å². The van der Waals surface area contributed by atoms with Crippen molar-refractivity contribution in [3.8, 4) is 5.75 Å². The molecule has 0 atom stereocenters. The van der Waals surface area contributed by atoms with Crippen LogP contribution in [-0.2, 0) is 14.8 Å². The summed E-state index contributed by atoms with van der Waals surface area (Å²) >= 11 is 0. The van der Waals surface area contributed by atoms with Gasteiger partial charge in [-0.1, -0.05) is 6.07 Å². The molecule has 0 heterocycles. The molecule has 6 nitrogen and oxygen atoms in total. The average Bonchev–Trinajstić information content (AvgIpc) is 2.64. The molecular weight excluding hydrogens is 376 g/mol. The maximum atomic E-state index is 13.3. The summed E-state index contributed by atoms with van der Waals surface area (Å²) in [6.07, 6.45) is 0. The van der Waals surface area contributed by atoms with Crippen molar-refractivity contribution in [1.29, 1.82) is 0 Å². The molecule has 0 spiro atoms. The van der Waals surface area contributed by atoms with E-state index in [1.807, 2.05) is 33.8 Å². The third-order valence-corrected chi connectivity index (χ3v) is 7.04. The monoisotopic (exact) mass is 404 g/mol. The average molecular weight is 405 g/mol. The molecule has 0 aromatic heterocycles. The van der Waals surface area contributed by atoms with Gasteiger partial charge in [0.15, 0.2) is 6.61 Å². The molecule has 1 amide bonds. The van der Waals surface area contributed by atoms with Crippen molar-refractivity contribution in [2.75, 3.05) is 32.1 Å².